The van der Waals surface area contributed by atoms with Crippen molar-refractivity contribution >= 4 is 29.9 Å². The molecule has 0 aliphatic heterocycles. The highest BCUT2D eigenvalue weighted by molar-refractivity contribution is 14.0. The molecule has 0 aliphatic carbocycles. The monoisotopic (exact) mass is 418 g/mol. The van der Waals surface area contributed by atoms with E-state index < -0.39 is 0 Å². The smallest absolute Gasteiger partial charge is 0.191 e. The van der Waals surface area contributed by atoms with Crippen molar-refractivity contribution in [1.82, 2.24) is 15.5 Å². The first kappa shape index (κ1) is 21.2. The van der Waals surface area contributed by atoms with E-state index in [9.17, 15) is 0 Å². The van der Waals surface area contributed by atoms with E-state index in [0.717, 1.165) is 38.7 Å². The van der Waals surface area contributed by atoms with Crippen LogP contribution >= 0.6 is 24.0 Å². The molecule has 0 saturated heterocycles. The van der Waals surface area contributed by atoms with E-state index in [4.69, 9.17) is 0 Å². The van der Waals surface area contributed by atoms with Crippen molar-refractivity contribution in [2.24, 2.45) is 4.99 Å². The summed E-state index contributed by atoms with van der Waals surface area (Å²) in [4.78, 5) is 6.97. The van der Waals surface area contributed by atoms with Crippen LogP contribution in [-0.2, 0) is 0 Å². The van der Waals surface area contributed by atoms with E-state index in [1.54, 1.807) is 0 Å². The van der Waals surface area contributed by atoms with Crippen LogP contribution in [0.1, 0.15) is 32.3 Å². The fourth-order valence-electron chi connectivity index (χ4n) is 1.98. The number of rotatable bonds is 8. The van der Waals surface area contributed by atoms with E-state index in [1.165, 1.54) is 5.56 Å². The van der Waals surface area contributed by atoms with Crippen LogP contribution in [-0.4, -0.2) is 50.6 Å². The van der Waals surface area contributed by atoms with Crippen molar-refractivity contribution in [3.05, 3.63) is 35.9 Å². The molecule has 1 unspecified atom stereocenters. The number of hydrogen-bond donors (Lipinski definition) is 2. The molecule has 4 nitrogen and oxygen atoms in total. The second-order valence-electron chi connectivity index (χ2n) is 5.35. The molecule has 5 heteroatoms. The number of hydrogen-bond acceptors (Lipinski definition) is 2. The lowest BCUT2D eigenvalue weighted by Gasteiger charge is -2.17. The minimum absolute atomic E-state index is 0. The predicted octanol–water partition coefficient (Wildman–Crippen LogP) is 2.91. The zero-order chi connectivity index (χ0) is 15.5. The topological polar surface area (TPSA) is 39.7 Å². The first-order valence-electron chi connectivity index (χ1n) is 7.93. The number of aliphatic imine (C=N–C) groups is 1. The molecule has 0 bridgehead atoms. The molecule has 126 valence electrons. The predicted molar refractivity (Wildman–Crippen MR) is 107 cm³/mol. The van der Waals surface area contributed by atoms with E-state index in [1.807, 2.05) is 0 Å². The molecule has 0 aromatic heterocycles. The second-order valence-corrected chi connectivity index (χ2v) is 5.35. The van der Waals surface area contributed by atoms with Gasteiger partial charge in [-0.05, 0) is 26.1 Å². The summed E-state index contributed by atoms with van der Waals surface area (Å²) in [6, 6.07) is 10.5. The molecule has 0 spiro atoms. The largest absolute Gasteiger partial charge is 0.357 e. The maximum atomic E-state index is 4.69. The molecular formula is C17H31IN4. The van der Waals surface area contributed by atoms with E-state index in [-0.39, 0.29) is 24.0 Å². The van der Waals surface area contributed by atoms with Gasteiger partial charge in [0.05, 0.1) is 0 Å². The molecule has 1 rings (SSSR count). The Bertz CT molecular complexity index is 408. The van der Waals surface area contributed by atoms with Gasteiger partial charge in [0.2, 0.25) is 0 Å². The third-order valence-corrected chi connectivity index (χ3v) is 3.56. The molecule has 2 N–H and O–H groups in total. The Labute approximate surface area is 152 Å². The summed E-state index contributed by atoms with van der Waals surface area (Å²) >= 11 is 0. The van der Waals surface area contributed by atoms with E-state index in [2.05, 4.69) is 78.7 Å². The minimum atomic E-state index is 0. The van der Waals surface area contributed by atoms with Gasteiger partial charge >= 0.3 is 0 Å². The minimum Gasteiger partial charge on any atom is -0.357 e. The molecule has 0 amide bonds. The number of likely N-dealkylation sites (N-methyl/N-ethyl adjacent to an activating group) is 1. The van der Waals surface area contributed by atoms with Gasteiger partial charge in [0.25, 0.3) is 0 Å². The summed E-state index contributed by atoms with van der Waals surface area (Å²) in [6.45, 7) is 11.2. The molecule has 0 aliphatic rings. The van der Waals surface area contributed by atoms with Gasteiger partial charge in [0.1, 0.15) is 0 Å². The van der Waals surface area contributed by atoms with Gasteiger partial charge in [-0.15, -0.1) is 24.0 Å². The zero-order valence-corrected chi connectivity index (χ0v) is 16.6. The highest BCUT2D eigenvalue weighted by Gasteiger charge is 2.05. The Balaban J connectivity index is 0.00000441. The molecule has 0 fully saturated rings. The molecule has 1 atom stereocenters. The summed E-state index contributed by atoms with van der Waals surface area (Å²) in [7, 11) is 2.13. The summed E-state index contributed by atoms with van der Waals surface area (Å²) < 4.78 is 0. The van der Waals surface area contributed by atoms with Crippen LogP contribution in [0.5, 0.6) is 0 Å². The first-order chi connectivity index (χ1) is 10.2. The number of nitrogens with zero attached hydrogens (tertiary/aromatic N) is 2. The van der Waals surface area contributed by atoms with Crippen molar-refractivity contribution in [2.45, 2.75) is 26.7 Å². The summed E-state index contributed by atoms with van der Waals surface area (Å²) in [5, 5.41) is 6.69. The number of nitrogens with one attached hydrogen (secondary N) is 2. The summed E-state index contributed by atoms with van der Waals surface area (Å²) in [6.07, 6.45) is 0. The lowest BCUT2D eigenvalue weighted by molar-refractivity contribution is 0.357. The van der Waals surface area contributed by atoms with Crippen LogP contribution in [0.15, 0.2) is 35.3 Å². The van der Waals surface area contributed by atoms with Crippen molar-refractivity contribution < 1.29 is 0 Å². The lowest BCUT2D eigenvalue weighted by atomic mass is 10.0. The number of guanidine groups is 1. The van der Waals surface area contributed by atoms with Gasteiger partial charge in [-0.2, -0.15) is 0 Å². The highest BCUT2D eigenvalue weighted by atomic mass is 127. The van der Waals surface area contributed by atoms with Gasteiger partial charge in [-0.3, -0.25) is 4.99 Å². The van der Waals surface area contributed by atoms with E-state index >= 15 is 0 Å². The Kier molecular flexibility index (Phi) is 12.2. The van der Waals surface area contributed by atoms with Crippen molar-refractivity contribution in [3.8, 4) is 0 Å². The van der Waals surface area contributed by atoms with Crippen LogP contribution in [0.3, 0.4) is 0 Å². The number of halogens is 1. The van der Waals surface area contributed by atoms with Crippen molar-refractivity contribution in [3.63, 3.8) is 0 Å². The molecule has 0 saturated carbocycles. The average Bonchev–Trinajstić information content (AvgIpc) is 2.52. The van der Waals surface area contributed by atoms with Crippen LogP contribution in [0.25, 0.3) is 0 Å². The fraction of sp³-hybridized carbons (Fsp3) is 0.588. The van der Waals surface area contributed by atoms with Gasteiger partial charge in [0, 0.05) is 32.1 Å². The lowest BCUT2D eigenvalue weighted by Crippen LogP contribution is -2.41. The second kappa shape index (κ2) is 12.7. The Morgan fingerprint density at radius 2 is 1.86 bits per heavy atom. The summed E-state index contributed by atoms with van der Waals surface area (Å²) in [5.41, 5.74) is 1.34. The third-order valence-electron chi connectivity index (χ3n) is 3.56. The Hall–Kier alpha value is -0.820. The molecule has 22 heavy (non-hydrogen) atoms. The molecule has 1 aromatic carbocycles. The fourth-order valence-corrected chi connectivity index (χ4v) is 1.98. The maximum absolute atomic E-state index is 4.69. The summed E-state index contributed by atoms with van der Waals surface area (Å²) in [5.74, 6) is 1.34. The first-order valence-corrected chi connectivity index (χ1v) is 7.93. The molecule has 1 aromatic rings. The average molecular weight is 418 g/mol. The van der Waals surface area contributed by atoms with Crippen LogP contribution in [0, 0.1) is 0 Å². The van der Waals surface area contributed by atoms with Gasteiger partial charge in [-0.25, -0.2) is 0 Å². The van der Waals surface area contributed by atoms with Gasteiger partial charge in [-0.1, -0.05) is 44.2 Å². The van der Waals surface area contributed by atoms with E-state index in [0.29, 0.717) is 5.92 Å². The Morgan fingerprint density at radius 3 is 2.45 bits per heavy atom. The van der Waals surface area contributed by atoms with Gasteiger partial charge in [0.15, 0.2) is 5.96 Å². The quantitative estimate of drug-likeness (QED) is 0.388. The van der Waals surface area contributed by atoms with Crippen molar-refractivity contribution in [1.29, 1.82) is 0 Å². The SMILES string of the molecule is CCNC(=NCC(C)c1ccccc1)NCCN(C)CC.I. The Morgan fingerprint density at radius 1 is 1.18 bits per heavy atom. The van der Waals surface area contributed by atoms with Crippen LogP contribution < -0.4 is 10.6 Å². The van der Waals surface area contributed by atoms with Crippen LogP contribution in [0.2, 0.25) is 0 Å². The van der Waals surface area contributed by atoms with Gasteiger partial charge < -0.3 is 15.5 Å². The van der Waals surface area contributed by atoms with Crippen molar-refractivity contribution in [2.75, 3.05) is 39.8 Å². The number of benzene rings is 1. The van der Waals surface area contributed by atoms with Crippen LogP contribution in [0.4, 0.5) is 0 Å². The molecule has 0 radical (unpaired) electrons. The molecular weight excluding hydrogens is 387 g/mol. The third kappa shape index (κ3) is 8.58. The normalized spacial score (nSPS) is 12.7. The standard InChI is InChI=1S/C17H30N4.HI/c1-5-18-17(19-12-13-21(4)6-2)20-14-15(3)16-10-8-7-9-11-16;/h7-11,15H,5-6,12-14H2,1-4H3,(H2,18,19,20);1H. The molecule has 0 heterocycles. The maximum Gasteiger partial charge on any atom is 0.191 e. The highest BCUT2D eigenvalue weighted by Crippen LogP contribution is 2.14. The zero-order valence-electron chi connectivity index (χ0n) is 14.3.